The third-order valence-electron chi connectivity index (χ3n) is 1.44. The van der Waals surface area contributed by atoms with Crippen LogP contribution in [-0.4, -0.2) is 27.4 Å². The van der Waals surface area contributed by atoms with E-state index in [0.717, 1.165) is 6.61 Å². The summed E-state index contributed by atoms with van der Waals surface area (Å²) in [6, 6.07) is 1.42. The van der Waals surface area contributed by atoms with E-state index in [1.807, 2.05) is 0 Å². The summed E-state index contributed by atoms with van der Waals surface area (Å²) < 4.78 is 5.21. The average molecular weight is 188 g/mol. The molecule has 1 saturated heterocycles. The van der Waals surface area contributed by atoms with Crippen molar-refractivity contribution in [3.63, 3.8) is 0 Å². The molecular formula is C8H16O3Si. The van der Waals surface area contributed by atoms with E-state index in [-0.39, 0.29) is 15.3 Å². The highest BCUT2D eigenvalue weighted by Gasteiger charge is 1.96. The van der Waals surface area contributed by atoms with E-state index >= 15 is 0 Å². The van der Waals surface area contributed by atoms with Gasteiger partial charge < -0.3 is 9.53 Å². The summed E-state index contributed by atoms with van der Waals surface area (Å²) in [6.45, 7) is 5.66. The topological polar surface area (TPSA) is 46.5 Å². The van der Waals surface area contributed by atoms with Crippen molar-refractivity contribution < 1.29 is 14.3 Å². The lowest BCUT2D eigenvalue weighted by Gasteiger charge is -2.07. The van der Waals surface area contributed by atoms with Gasteiger partial charge in [-0.3, -0.25) is 0 Å². The molecule has 0 bridgehead atoms. The Kier molecular flexibility index (Phi) is 6.70. The van der Waals surface area contributed by atoms with E-state index in [0.29, 0.717) is 0 Å². The number of hydrogen-bond donors (Lipinski definition) is 1. The predicted octanol–water partition coefficient (Wildman–Crippen LogP) is 0.946. The zero-order chi connectivity index (χ0) is 9.40. The summed E-state index contributed by atoms with van der Waals surface area (Å²) in [4.78, 5) is 9.60. The molecule has 0 unspecified atom stereocenters. The zero-order valence-corrected chi connectivity index (χ0v) is 8.92. The molecule has 1 fully saturated rings. The molecule has 0 amide bonds. The van der Waals surface area contributed by atoms with Crippen molar-refractivity contribution in [2.24, 2.45) is 0 Å². The van der Waals surface area contributed by atoms with E-state index in [1.54, 1.807) is 0 Å². The first-order valence-corrected chi connectivity index (χ1v) is 5.69. The molecule has 1 heterocycles. The van der Waals surface area contributed by atoms with Crippen molar-refractivity contribution in [1.29, 1.82) is 0 Å². The monoisotopic (exact) mass is 188 g/mol. The number of carbonyl (C=O) groups is 1. The van der Waals surface area contributed by atoms with Gasteiger partial charge in [-0.2, -0.15) is 0 Å². The zero-order valence-electron chi connectivity index (χ0n) is 7.51. The maximum Gasteiger partial charge on any atom is 0.330 e. The van der Waals surface area contributed by atoms with Crippen LogP contribution in [0, 0.1) is 0 Å². The average Bonchev–Trinajstić information content (AvgIpc) is 2.08. The number of hydrogen-bond acceptors (Lipinski definition) is 2. The Morgan fingerprint density at radius 3 is 2.25 bits per heavy atom. The van der Waals surface area contributed by atoms with E-state index in [2.05, 4.69) is 6.58 Å². The summed E-state index contributed by atoms with van der Waals surface area (Å²) in [5, 5.41) is 7.89. The van der Waals surface area contributed by atoms with Gasteiger partial charge in [-0.05, 0) is 19.4 Å². The van der Waals surface area contributed by atoms with E-state index in [1.165, 1.54) is 25.8 Å². The van der Waals surface area contributed by atoms with Gasteiger partial charge in [-0.25, -0.2) is 4.79 Å². The summed E-state index contributed by atoms with van der Waals surface area (Å²) in [6.07, 6.45) is 2.75. The standard InChI is InChI=1S/C4H6O2.C4H10OSi/c1-3(2)4(5)6;1-2-4-6-5-3-1/h1H2,2H3,(H,5,6);1-4,6H2. The highest BCUT2D eigenvalue weighted by atomic mass is 28.2. The molecule has 0 aromatic rings. The smallest absolute Gasteiger partial charge is 0.330 e. The second-order valence-electron chi connectivity index (χ2n) is 2.76. The van der Waals surface area contributed by atoms with Crippen LogP contribution in [0.2, 0.25) is 6.04 Å². The fourth-order valence-corrected chi connectivity index (χ4v) is 1.86. The molecule has 0 saturated carbocycles. The molecule has 70 valence electrons. The van der Waals surface area contributed by atoms with Crippen LogP contribution < -0.4 is 0 Å². The van der Waals surface area contributed by atoms with E-state index in [4.69, 9.17) is 9.53 Å². The quantitative estimate of drug-likeness (QED) is 0.492. The number of rotatable bonds is 1. The SMILES string of the molecule is C1CC[SiH2]OC1.C=C(C)C(=O)O. The minimum absolute atomic E-state index is 0.00849. The van der Waals surface area contributed by atoms with Gasteiger partial charge in [0.15, 0.2) is 9.76 Å². The van der Waals surface area contributed by atoms with Crippen LogP contribution in [0.3, 0.4) is 0 Å². The fourth-order valence-electron chi connectivity index (χ4n) is 0.687. The van der Waals surface area contributed by atoms with Gasteiger partial charge in [0.05, 0.1) is 0 Å². The van der Waals surface area contributed by atoms with Gasteiger partial charge in [0.25, 0.3) is 0 Å². The van der Waals surface area contributed by atoms with Crippen molar-refractivity contribution in [3.05, 3.63) is 12.2 Å². The number of carboxylic acid groups (broad SMARTS) is 1. The van der Waals surface area contributed by atoms with Crippen LogP contribution in [-0.2, 0) is 9.22 Å². The molecule has 0 atom stereocenters. The summed E-state index contributed by atoms with van der Waals surface area (Å²) in [5.41, 5.74) is 0.176. The lowest BCUT2D eigenvalue weighted by Crippen LogP contribution is -2.06. The van der Waals surface area contributed by atoms with Crippen LogP contribution in [0.1, 0.15) is 19.8 Å². The molecule has 1 aliphatic rings. The maximum absolute atomic E-state index is 9.60. The molecule has 12 heavy (non-hydrogen) atoms. The Bertz CT molecular complexity index is 129. The molecule has 4 heteroatoms. The number of aliphatic carboxylic acids is 1. The predicted molar refractivity (Wildman–Crippen MR) is 51.0 cm³/mol. The molecular weight excluding hydrogens is 172 g/mol. The molecule has 0 aromatic heterocycles. The van der Waals surface area contributed by atoms with Crippen LogP contribution in [0.15, 0.2) is 12.2 Å². The van der Waals surface area contributed by atoms with Gasteiger partial charge in [0.2, 0.25) is 0 Å². The van der Waals surface area contributed by atoms with Crippen molar-refractivity contribution in [3.8, 4) is 0 Å². The first-order chi connectivity index (χ1) is 5.64. The van der Waals surface area contributed by atoms with Crippen molar-refractivity contribution in [1.82, 2.24) is 0 Å². The largest absolute Gasteiger partial charge is 0.478 e. The molecule has 1 rings (SSSR count). The van der Waals surface area contributed by atoms with Crippen LogP contribution in [0.25, 0.3) is 0 Å². The second kappa shape index (κ2) is 7.06. The Morgan fingerprint density at radius 1 is 1.58 bits per heavy atom. The van der Waals surface area contributed by atoms with Gasteiger partial charge >= 0.3 is 5.97 Å². The molecule has 0 aliphatic carbocycles. The minimum atomic E-state index is -0.935. The molecule has 1 N–H and O–H groups in total. The third-order valence-corrected chi connectivity index (χ3v) is 2.81. The van der Waals surface area contributed by atoms with Crippen LogP contribution in [0.5, 0.6) is 0 Å². The van der Waals surface area contributed by atoms with Gasteiger partial charge in [0, 0.05) is 12.2 Å². The van der Waals surface area contributed by atoms with Crippen molar-refractivity contribution in [2.75, 3.05) is 6.61 Å². The first kappa shape index (κ1) is 11.4. The molecule has 0 aromatic carbocycles. The van der Waals surface area contributed by atoms with Gasteiger partial charge in [-0.15, -0.1) is 0 Å². The van der Waals surface area contributed by atoms with Crippen molar-refractivity contribution >= 4 is 15.7 Å². The normalized spacial score (nSPS) is 17.8. The lowest BCUT2D eigenvalue weighted by atomic mass is 10.4. The molecule has 0 spiro atoms. The lowest BCUT2D eigenvalue weighted by molar-refractivity contribution is -0.132. The van der Waals surface area contributed by atoms with Gasteiger partial charge in [0.1, 0.15) is 0 Å². The van der Waals surface area contributed by atoms with Gasteiger partial charge in [-0.1, -0.05) is 13.0 Å². The Hall–Kier alpha value is -0.613. The molecule has 3 nitrogen and oxygen atoms in total. The summed E-state index contributed by atoms with van der Waals surface area (Å²) in [5.74, 6) is -0.935. The third kappa shape index (κ3) is 7.49. The van der Waals surface area contributed by atoms with Crippen LogP contribution >= 0.6 is 0 Å². The molecule has 0 radical (unpaired) electrons. The first-order valence-electron chi connectivity index (χ1n) is 4.11. The second-order valence-corrected chi connectivity index (χ2v) is 4.28. The highest BCUT2D eigenvalue weighted by molar-refractivity contribution is 6.27. The van der Waals surface area contributed by atoms with E-state index in [9.17, 15) is 4.79 Å². The molecule has 1 aliphatic heterocycles. The Labute approximate surface area is 75.4 Å². The van der Waals surface area contributed by atoms with Crippen molar-refractivity contribution in [2.45, 2.75) is 25.8 Å². The maximum atomic E-state index is 9.60. The summed E-state index contributed by atoms with van der Waals surface area (Å²) in [7, 11) is 0.00849. The van der Waals surface area contributed by atoms with Crippen LogP contribution in [0.4, 0.5) is 0 Å². The highest BCUT2D eigenvalue weighted by Crippen LogP contribution is 2.01. The van der Waals surface area contributed by atoms with E-state index < -0.39 is 5.97 Å². The Morgan fingerprint density at radius 2 is 2.17 bits per heavy atom. The summed E-state index contributed by atoms with van der Waals surface area (Å²) >= 11 is 0. The minimum Gasteiger partial charge on any atom is -0.478 e. The Balaban J connectivity index is 0.000000202. The fraction of sp³-hybridized carbons (Fsp3) is 0.625. The number of carboxylic acids is 1.